The molecule has 7 heteroatoms. The molecule has 2 rings (SSSR count). The van der Waals surface area contributed by atoms with Crippen LogP contribution in [-0.2, 0) is 19.0 Å². The molecule has 154 valence electrons. The molecule has 0 unspecified atom stereocenters. The summed E-state index contributed by atoms with van der Waals surface area (Å²) in [6.07, 6.45) is -2.47. The highest BCUT2D eigenvalue weighted by atomic mass is 16.7. The Morgan fingerprint density at radius 3 is 2.07 bits per heavy atom. The van der Waals surface area contributed by atoms with E-state index >= 15 is 0 Å². The van der Waals surface area contributed by atoms with E-state index in [1.54, 1.807) is 60.7 Å². The monoisotopic (exact) mass is 399 g/mol. The van der Waals surface area contributed by atoms with Crippen molar-refractivity contribution in [2.75, 3.05) is 13.7 Å². The van der Waals surface area contributed by atoms with E-state index in [2.05, 4.69) is 10.1 Å². The van der Waals surface area contributed by atoms with Crippen molar-refractivity contribution in [2.45, 2.75) is 26.0 Å². The van der Waals surface area contributed by atoms with Gasteiger partial charge >= 0.3 is 12.1 Å². The van der Waals surface area contributed by atoms with Gasteiger partial charge in [-0.05, 0) is 23.6 Å². The van der Waals surface area contributed by atoms with Crippen molar-refractivity contribution in [1.82, 2.24) is 5.32 Å². The number of carbonyl (C=O) groups is 3. The van der Waals surface area contributed by atoms with Crippen molar-refractivity contribution in [3.05, 3.63) is 71.8 Å². The first-order chi connectivity index (χ1) is 13.9. The summed E-state index contributed by atoms with van der Waals surface area (Å²) in [7, 11) is 1.14. The van der Waals surface area contributed by atoms with Gasteiger partial charge in [0, 0.05) is 5.56 Å². The van der Waals surface area contributed by atoms with Crippen molar-refractivity contribution >= 4 is 18.0 Å². The van der Waals surface area contributed by atoms with E-state index in [-0.39, 0.29) is 12.5 Å². The van der Waals surface area contributed by atoms with Gasteiger partial charge in [0.15, 0.2) is 0 Å². The number of ether oxygens (including phenoxy) is 3. The summed E-state index contributed by atoms with van der Waals surface area (Å²) in [5, 5.41) is 2.78. The fourth-order valence-corrected chi connectivity index (χ4v) is 2.54. The smallest absolute Gasteiger partial charge is 0.463 e. The van der Waals surface area contributed by atoms with E-state index in [1.165, 1.54) is 0 Å². The number of benzene rings is 2. The first-order valence-electron chi connectivity index (χ1n) is 9.24. The molecule has 0 spiro atoms. The Balaban J connectivity index is 2.36. The lowest BCUT2D eigenvalue weighted by molar-refractivity contribution is -0.157. The van der Waals surface area contributed by atoms with Crippen LogP contribution in [0, 0.1) is 5.92 Å². The Morgan fingerprint density at radius 2 is 1.52 bits per heavy atom. The summed E-state index contributed by atoms with van der Waals surface area (Å²) in [6, 6.07) is 16.3. The van der Waals surface area contributed by atoms with Crippen LogP contribution in [0.2, 0.25) is 0 Å². The van der Waals surface area contributed by atoms with Gasteiger partial charge in [0.25, 0.3) is 5.91 Å². The maximum absolute atomic E-state index is 12.7. The lowest BCUT2D eigenvalue weighted by Gasteiger charge is -2.26. The SMILES string of the molecule is COC(=O)O[C@H](C(=O)OCC(C)C)[C@@H](NC(=O)c1ccccc1)c1ccccc1. The Morgan fingerprint density at radius 1 is 0.931 bits per heavy atom. The highest BCUT2D eigenvalue weighted by molar-refractivity contribution is 5.95. The molecule has 0 saturated carbocycles. The summed E-state index contributed by atoms with van der Waals surface area (Å²) in [4.78, 5) is 37.3. The fraction of sp³-hybridized carbons (Fsp3) is 0.318. The number of nitrogens with one attached hydrogen (secondary N) is 1. The summed E-state index contributed by atoms with van der Waals surface area (Å²) in [6.45, 7) is 3.92. The van der Waals surface area contributed by atoms with Crippen LogP contribution in [0.15, 0.2) is 60.7 Å². The molecular weight excluding hydrogens is 374 g/mol. The van der Waals surface area contributed by atoms with Crippen molar-refractivity contribution in [1.29, 1.82) is 0 Å². The summed E-state index contributed by atoms with van der Waals surface area (Å²) < 4.78 is 15.0. The highest BCUT2D eigenvalue weighted by Gasteiger charge is 2.36. The molecule has 0 aromatic heterocycles. The second kappa shape index (κ2) is 10.8. The molecule has 2 atom stereocenters. The molecule has 2 aromatic rings. The van der Waals surface area contributed by atoms with Crippen molar-refractivity contribution in [3.8, 4) is 0 Å². The molecule has 7 nitrogen and oxygen atoms in total. The minimum Gasteiger partial charge on any atom is -0.463 e. The molecule has 0 aliphatic carbocycles. The predicted octanol–water partition coefficient (Wildman–Crippen LogP) is 3.51. The average molecular weight is 399 g/mol. The van der Waals surface area contributed by atoms with E-state index in [0.717, 1.165) is 7.11 Å². The number of hydrogen-bond acceptors (Lipinski definition) is 6. The van der Waals surface area contributed by atoms with Gasteiger partial charge in [-0.1, -0.05) is 62.4 Å². The molecule has 0 aliphatic rings. The minimum atomic E-state index is -1.42. The van der Waals surface area contributed by atoms with Crippen molar-refractivity contribution < 1.29 is 28.6 Å². The maximum atomic E-state index is 12.7. The Kier molecular flexibility index (Phi) is 8.21. The average Bonchev–Trinajstić information content (AvgIpc) is 2.75. The van der Waals surface area contributed by atoms with Crippen molar-refractivity contribution in [2.24, 2.45) is 5.92 Å². The third kappa shape index (κ3) is 6.64. The summed E-state index contributed by atoms with van der Waals surface area (Å²) >= 11 is 0. The molecule has 0 heterocycles. The first kappa shape index (κ1) is 21.9. The van der Waals surface area contributed by atoms with Crippen LogP contribution in [0.5, 0.6) is 0 Å². The van der Waals surface area contributed by atoms with Gasteiger partial charge in [-0.2, -0.15) is 0 Å². The Bertz CT molecular complexity index is 807. The molecule has 1 amide bonds. The van der Waals surface area contributed by atoms with Crippen LogP contribution < -0.4 is 5.32 Å². The van der Waals surface area contributed by atoms with Gasteiger partial charge < -0.3 is 19.5 Å². The molecule has 0 aliphatic heterocycles. The largest absolute Gasteiger partial charge is 0.508 e. The van der Waals surface area contributed by atoms with E-state index in [0.29, 0.717) is 11.1 Å². The van der Waals surface area contributed by atoms with Gasteiger partial charge in [-0.15, -0.1) is 0 Å². The van der Waals surface area contributed by atoms with E-state index < -0.39 is 30.2 Å². The van der Waals surface area contributed by atoms with Gasteiger partial charge in [0.05, 0.1) is 13.7 Å². The number of amides is 1. The van der Waals surface area contributed by atoms with E-state index in [9.17, 15) is 14.4 Å². The topological polar surface area (TPSA) is 90.9 Å². The zero-order valence-corrected chi connectivity index (χ0v) is 16.7. The van der Waals surface area contributed by atoms with Crippen molar-refractivity contribution in [3.63, 3.8) is 0 Å². The second-order valence-corrected chi connectivity index (χ2v) is 6.74. The lowest BCUT2D eigenvalue weighted by Crippen LogP contribution is -2.44. The number of methoxy groups -OCH3 is 1. The van der Waals surface area contributed by atoms with Crippen LogP contribution >= 0.6 is 0 Å². The van der Waals surface area contributed by atoms with Crippen LogP contribution in [0.4, 0.5) is 4.79 Å². The fourth-order valence-electron chi connectivity index (χ4n) is 2.54. The van der Waals surface area contributed by atoms with E-state index in [1.807, 2.05) is 13.8 Å². The molecule has 1 N–H and O–H groups in total. The lowest BCUT2D eigenvalue weighted by atomic mass is 10.0. The summed E-state index contributed by atoms with van der Waals surface area (Å²) in [5.74, 6) is -1.10. The molecule has 29 heavy (non-hydrogen) atoms. The normalized spacial score (nSPS) is 12.6. The molecular formula is C22H25NO6. The van der Waals surface area contributed by atoms with Crippen LogP contribution in [0.25, 0.3) is 0 Å². The third-order valence-corrected chi connectivity index (χ3v) is 3.97. The number of esters is 1. The highest BCUT2D eigenvalue weighted by Crippen LogP contribution is 2.22. The number of hydrogen-bond donors (Lipinski definition) is 1. The van der Waals surface area contributed by atoms with Crippen LogP contribution in [-0.4, -0.2) is 37.9 Å². The first-order valence-corrected chi connectivity index (χ1v) is 9.24. The second-order valence-electron chi connectivity index (χ2n) is 6.74. The molecule has 2 aromatic carbocycles. The Labute approximate surface area is 170 Å². The zero-order valence-electron chi connectivity index (χ0n) is 16.7. The minimum absolute atomic E-state index is 0.0896. The van der Waals surface area contributed by atoms with Gasteiger partial charge in [-0.3, -0.25) is 4.79 Å². The van der Waals surface area contributed by atoms with Crippen LogP contribution in [0.3, 0.4) is 0 Å². The molecule has 0 fully saturated rings. The number of carbonyl (C=O) groups excluding carboxylic acids is 3. The van der Waals surface area contributed by atoms with Gasteiger partial charge in [-0.25, -0.2) is 9.59 Å². The maximum Gasteiger partial charge on any atom is 0.508 e. The number of rotatable bonds is 8. The van der Waals surface area contributed by atoms with E-state index in [4.69, 9.17) is 9.47 Å². The molecule has 0 saturated heterocycles. The standard InChI is InChI=1S/C22H25NO6/c1-15(2)14-28-21(25)19(29-22(26)27-3)18(16-10-6-4-7-11-16)23-20(24)17-12-8-5-9-13-17/h4-13,15,18-19H,14H2,1-3H3,(H,23,24)/t18-,19-/m0/s1. The molecule has 0 bridgehead atoms. The Hall–Kier alpha value is -3.35. The molecule has 0 radical (unpaired) electrons. The zero-order chi connectivity index (χ0) is 21.2. The van der Waals surface area contributed by atoms with Crippen LogP contribution in [0.1, 0.15) is 35.8 Å². The predicted molar refractivity (Wildman–Crippen MR) is 106 cm³/mol. The summed E-state index contributed by atoms with van der Waals surface area (Å²) in [5.41, 5.74) is 0.980. The van der Waals surface area contributed by atoms with Gasteiger partial charge in [0.2, 0.25) is 6.10 Å². The third-order valence-electron chi connectivity index (χ3n) is 3.97. The van der Waals surface area contributed by atoms with Gasteiger partial charge in [0.1, 0.15) is 6.04 Å². The quantitative estimate of drug-likeness (QED) is 0.683.